The lowest BCUT2D eigenvalue weighted by molar-refractivity contribution is 0.410. The van der Waals surface area contributed by atoms with Crippen LogP contribution >= 0.6 is 0 Å². The van der Waals surface area contributed by atoms with E-state index in [4.69, 9.17) is 4.74 Å². The van der Waals surface area contributed by atoms with Crippen molar-refractivity contribution in [1.29, 1.82) is 0 Å². The van der Waals surface area contributed by atoms with Crippen LogP contribution < -0.4 is 4.74 Å². The fourth-order valence-electron chi connectivity index (χ4n) is 1.25. The fourth-order valence-corrected chi connectivity index (χ4v) is 1.25. The molecule has 0 saturated heterocycles. The highest BCUT2D eigenvalue weighted by Gasteiger charge is 2.06. The Bertz CT molecular complexity index is 426. The van der Waals surface area contributed by atoms with Crippen molar-refractivity contribution in [3.8, 4) is 11.4 Å². The van der Waals surface area contributed by atoms with Gasteiger partial charge in [0.15, 0.2) is 0 Å². The van der Waals surface area contributed by atoms with Crippen molar-refractivity contribution in [2.75, 3.05) is 7.11 Å². The molecular formula is C10H9FN2O. The Morgan fingerprint density at radius 1 is 1.43 bits per heavy atom. The fraction of sp³-hybridized carbons (Fsp3) is 0.100. The van der Waals surface area contributed by atoms with Gasteiger partial charge in [-0.25, -0.2) is 9.07 Å². The minimum atomic E-state index is -0.309. The highest BCUT2D eigenvalue weighted by atomic mass is 19.1. The molecule has 0 N–H and O–H groups in total. The predicted octanol–water partition coefficient (Wildman–Crippen LogP) is 2.02. The summed E-state index contributed by atoms with van der Waals surface area (Å²) in [4.78, 5) is 0. The first-order valence-electron chi connectivity index (χ1n) is 4.15. The lowest BCUT2D eigenvalue weighted by Gasteiger charge is -2.07. The number of ether oxygens (including phenoxy) is 1. The van der Waals surface area contributed by atoms with Gasteiger partial charge in [0, 0.05) is 18.5 Å². The minimum Gasteiger partial charge on any atom is -0.494 e. The SMILES string of the molecule is COc1ccc(F)cc1-n1cccn1. The van der Waals surface area contributed by atoms with Crippen LogP contribution in [0.2, 0.25) is 0 Å². The molecule has 0 radical (unpaired) electrons. The van der Waals surface area contributed by atoms with Gasteiger partial charge < -0.3 is 4.74 Å². The van der Waals surface area contributed by atoms with Crippen molar-refractivity contribution in [2.45, 2.75) is 0 Å². The van der Waals surface area contributed by atoms with Crippen LogP contribution in [0.3, 0.4) is 0 Å². The summed E-state index contributed by atoms with van der Waals surface area (Å²) in [5.74, 6) is 0.284. The van der Waals surface area contributed by atoms with Crippen LogP contribution in [0.4, 0.5) is 4.39 Å². The van der Waals surface area contributed by atoms with Gasteiger partial charge in [-0.15, -0.1) is 0 Å². The second-order valence-electron chi connectivity index (χ2n) is 2.77. The standard InChI is InChI=1S/C10H9FN2O/c1-14-10-4-3-8(11)7-9(10)13-6-2-5-12-13/h2-7H,1H3. The highest BCUT2D eigenvalue weighted by molar-refractivity contribution is 5.46. The Kier molecular flexibility index (Phi) is 2.18. The van der Waals surface area contributed by atoms with Crippen LogP contribution in [0, 0.1) is 5.82 Å². The Morgan fingerprint density at radius 3 is 2.93 bits per heavy atom. The van der Waals surface area contributed by atoms with Crippen molar-refractivity contribution in [3.63, 3.8) is 0 Å². The highest BCUT2D eigenvalue weighted by Crippen LogP contribution is 2.22. The number of nitrogens with zero attached hydrogens (tertiary/aromatic N) is 2. The predicted molar refractivity (Wildman–Crippen MR) is 50.1 cm³/mol. The molecule has 0 spiro atoms. The van der Waals surface area contributed by atoms with Gasteiger partial charge >= 0.3 is 0 Å². The van der Waals surface area contributed by atoms with E-state index in [-0.39, 0.29) is 5.82 Å². The summed E-state index contributed by atoms with van der Waals surface area (Å²) in [6.45, 7) is 0. The molecule has 3 nitrogen and oxygen atoms in total. The van der Waals surface area contributed by atoms with E-state index in [9.17, 15) is 4.39 Å². The average molecular weight is 192 g/mol. The van der Waals surface area contributed by atoms with Gasteiger partial charge in [-0.1, -0.05) is 0 Å². The van der Waals surface area contributed by atoms with Gasteiger partial charge in [-0.3, -0.25) is 0 Å². The summed E-state index contributed by atoms with van der Waals surface area (Å²) >= 11 is 0. The van der Waals surface area contributed by atoms with E-state index in [1.165, 1.54) is 12.1 Å². The number of benzene rings is 1. The van der Waals surface area contributed by atoms with Gasteiger partial charge in [0.05, 0.1) is 7.11 Å². The van der Waals surface area contributed by atoms with Crippen molar-refractivity contribution in [1.82, 2.24) is 9.78 Å². The molecule has 1 heterocycles. The van der Waals surface area contributed by atoms with Crippen LogP contribution in [0.15, 0.2) is 36.7 Å². The zero-order valence-corrected chi connectivity index (χ0v) is 7.64. The largest absolute Gasteiger partial charge is 0.494 e. The van der Waals surface area contributed by atoms with Crippen molar-refractivity contribution in [2.24, 2.45) is 0 Å². The lowest BCUT2D eigenvalue weighted by atomic mass is 10.3. The number of methoxy groups -OCH3 is 1. The van der Waals surface area contributed by atoms with E-state index in [0.29, 0.717) is 11.4 Å². The molecule has 4 heteroatoms. The molecule has 0 amide bonds. The molecule has 0 atom stereocenters. The third-order valence-corrected chi connectivity index (χ3v) is 1.89. The maximum absolute atomic E-state index is 13.0. The normalized spacial score (nSPS) is 10.1. The first-order chi connectivity index (χ1) is 6.81. The minimum absolute atomic E-state index is 0.309. The lowest BCUT2D eigenvalue weighted by Crippen LogP contribution is -1.98. The summed E-state index contributed by atoms with van der Waals surface area (Å²) in [7, 11) is 1.54. The first-order valence-corrected chi connectivity index (χ1v) is 4.15. The topological polar surface area (TPSA) is 27.1 Å². The maximum Gasteiger partial charge on any atom is 0.144 e. The molecule has 0 saturated carbocycles. The number of rotatable bonds is 2. The molecule has 14 heavy (non-hydrogen) atoms. The number of hydrogen-bond donors (Lipinski definition) is 0. The van der Waals surface area contributed by atoms with E-state index in [2.05, 4.69) is 5.10 Å². The molecule has 2 aromatic rings. The third kappa shape index (κ3) is 1.46. The Morgan fingerprint density at radius 2 is 2.29 bits per heavy atom. The molecule has 1 aromatic carbocycles. The van der Waals surface area contributed by atoms with E-state index >= 15 is 0 Å². The molecule has 2 rings (SSSR count). The number of aromatic nitrogens is 2. The molecule has 72 valence electrons. The second-order valence-corrected chi connectivity index (χ2v) is 2.77. The van der Waals surface area contributed by atoms with Gasteiger partial charge in [0.2, 0.25) is 0 Å². The summed E-state index contributed by atoms with van der Waals surface area (Å²) in [6, 6.07) is 6.08. The molecule has 0 aliphatic rings. The molecule has 1 aromatic heterocycles. The summed E-state index contributed by atoms with van der Waals surface area (Å²) in [6.07, 6.45) is 3.36. The smallest absolute Gasteiger partial charge is 0.144 e. The quantitative estimate of drug-likeness (QED) is 0.727. The van der Waals surface area contributed by atoms with Crippen molar-refractivity contribution >= 4 is 0 Å². The van der Waals surface area contributed by atoms with Gasteiger partial charge in [-0.05, 0) is 18.2 Å². The second kappa shape index (κ2) is 3.49. The molecule has 0 bridgehead atoms. The van der Waals surface area contributed by atoms with Crippen LogP contribution in [-0.4, -0.2) is 16.9 Å². The van der Waals surface area contributed by atoms with E-state index in [0.717, 1.165) is 0 Å². The van der Waals surface area contributed by atoms with Crippen LogP contribution in [0.1, 0.15) is 0 Å². The molecule has 0 unspecified atom stereocenters. The van der Waals surface area contributed by atoms with Gasteiger partial charge in [-0.2, -0.15) is 5.10 Å². The van der Waals surface area contributed by atoms with Gasteiger partial charge in [0.1, 0.15) is 17.3 Å². The van der Waals surface area contributed by atoms with Crippen LogP contribution in [0.5, 0.6) is 5.75 Å². The summed E-state index contributed by atoms with van der Waals surface area (Å²) in [5.41, 5.74) is 0.595. The van der Waals surface area contributed by atoms with Crippen LogP contribution in [0.25, 0.3) is 5.69 Å². The van der Waals surface area contributed by atoms with E-state index in [1.807, 2.05) is 0 Å². The molecule has 0 aliphatic carbocycles. The summed E-state index contributed by atoms with van der Waals surface area (Å²) in [5, 5.41) is 4.01. The molecular weight excluding hydrogens is 183 g/mol. The zero-order chi connectivity index (χ0) is 9.97. The maximum atomic E-state index is 13.0. The zero-order valence-electron chi connectivity index (χ0n) is 7.64. The average Bonchev–Trinajstić information content (AvgIpc) is 2.70. The number of halogens is 1. The van der Waals surface area contributed by atoms with Crippen molar-refractivity contribution < 1.29 is 9.13 Å². The third-order valence-electron chi connectivity index (χ3n) is 1.89. The Labute approximate surface area is 80.7 Å². The van der Waals surface area contributed by atoms with Crippen molar-refractivity contribution in [3.05, 3.63) is 42.5 Å². The van der Waals surface area contributed by atoms with Gasteiger partial charge in [0.25, 0.3) is 0 Å². The van der Waals surface area contributed by atoms with E-state index < -0.39 is 0 Å². The summed E-state index contributed by atoms with van der Waals surface area (Å²) < 4.78 is 19.6. The van der Waals surface area contributed by atoms with Crippen LogP contribution in [-0.2, 0) is 0 Å². The first kappa shape index (κ1) is 8.74. The monoisotopic (exact) mass is 192 g/mol. The molecule has 0 fully saturated rings. The number of hydrogen-bond acceptors (Lipinski definition) is 2. The molecule has 0 aliphatic heterocycles. The van der Waals surface area contributed by atoms with E-state index in [1.54, 1.807) is 36.3 Å². The Hall–Kier alpha value is -1.84. The Balaban J connectivity index is 2.55.